The van der Waals surface area contributed by atoms with Crippen LogP contribution >= 0.6 is 11.8 Å². The summed E-state index contributed by atoms with van der Waals surface area (Å²) in [5.41, 5.74) is 2.99. The highest BCUT2D eigenvalue weighted by Crippen LogP contribution is 2.29. The minimum absolute atomic E-state index is 0.0313. The average molecular weight is 687 g/mol. The monoisotopic (exact) mass is 686 g/mol. The summed E-state index contributed by atoms with van der Waals surface area (Å²) in [7, 11) is 0. The molecule has 0 saturated carbocycles. The lowest BCUT2D eigenvalue weighted by molar-refractivity contribution is -0.384. The van der Waals surface area contributed by atoms with Crippen LogP contribution in [0.25, 0.3) is 6.08 Å². The molecule has 0 aliphatic heterocycles. The van der Waals surface area contributed by atoms with E-state index in [1.54, 1.807) is 78.9 Å². The number of amides is 3. The van der Waals surface area contributed by atoms with Gasteiger partial charge in [0.25, 0.3) is 17.5 Å². The molecule has 5 rings (SSSR count). The van der Waals surface area contributed by atoms with Gasteiger partial charge in [-0.2, -0.15) is 0 Å². The third kappa shape index (κ3) is 10.1. The van der Waals surface area contributed by atoms with Gasteiger partial charge in [0.1, 0.15) is 18.1 Å². The number of thioether (sulfide) groups is 1. The largest absolute Gasteiger partial charge is 0.489 e. The number of nitro groups is 1. The zero-order valence-corrected chi connectivity index (χ0v) is 27.9. The van der Waals surface area contributed by atoms with Crippen molar-refractivity contribution in [2.24, 2.45) is 0 Å². The summed E-state index contributed by atoms with van der Waals surface area (Å²) < 4.78 is 5.88. The Bertz CT molecular complexity index is 1970. The van der Waals surface area contributed by atoms with Crippen LogP contribution < -0.4 is 20.7 Å². The van der Waals surface area contributed by atoms with Crippen LogP contribution in [0, 0.1) is 10.1 Å². The fourth-order valence-corrected chi connectivity index (χ4v) is 5.74. The van der Waals surface area contributed by atoms with Crippen molar-refractivity contribution in [3.63, 3.8) is 0 Å². The van der Waals surface area contributed by atoms with Gasteiger partial charge in [0, 0.05) is 34.0 Å². The Kier molecular flexibility index (Phi) is 12.1. The summed E-state index contributed by atoms with van der Waals surface area (Å²) in [5.74, 6) is -0.578. The first-order valence-electron chi connectivity index (χ1n) is 15.8. The maximum absolute atomic E-state index is 13.6. The summed E-state index contributed by atoms with van der Waals surface area (Å²) in [6, 6.07) is 38.3. The van der Waals surface area contributed by atoms with E-state index < -0.39 is 22.0 Å². The zero-order chi connectivity index (χ0) is 35.3. The van der Waals surface area contributed by atoms with Crippen LogP contribution in [0.2, 0.25) is 0 Å². The minimum Gasteiger partial charge on any atom is -0.489 e. The fourth-order valence-electron chi connectivity index (χ4n) is 4.73. The molecule has 0 spiro atoms. The summed E-state index contributed by atoms with van der Waals surface area (Å²) in [5, 5.41) is 18.9. The van der Waals surface area contributed by atoms with Crippen molar-refractivity contribution >= 4 is 52.6 Å². The molecule has 0 aliphatic rings. The Morgan fingerprint density at radius 1 is 0.800 bits per heavy atom. The third-order valence-electron chi connectivity index (χ3n) is 7.35. The number of anilines is 2. The highest BCUT2D eigenvalue weighted by molar-refractivity contribution is 8.00. The number of ether oxygens (including phenoxy) is 1. The van der Waals surface area contributed by atoms with Crippen molar-refractivity contribution in [3.8, 4) is 5.75 Å². The highest BCUT2D eigenvalue weighted by Gasteiger charge is 2.20. The first-order chi connectivity index (χ1) is 24.3. The van der Waals surface area contributed by atoms with Gasteiger partial charge in [-0.05, 0) is 78.2 Å². The van der Waals surface area contributed by atoms with E-state index in [4.69, 9.17) is 4.74 Å². The van der Waals surface area contributed by atoms with Crippen LogP contribution in [0.5, 0.6) is 5.75 Å². The topological polar surface area (TPSA) is 140 Å². The smallest absolute Gasteiger partial charge is 0.272 e. The quantitative estimate of drug-likeness (QED) is 0.0464. The molecule has 0 radical (unpaired) electrons. The molecule has 0 heterocycles. The molecule has 11 heteroatoms. The zero-order valence-electron chi connectivity index (χ0n) is 27.1. The standard InChI is InChI=1S/C39H34N4O6S/c1-2-36(39(46)40-30-18-20-32(21-19-30)43(47)48)50-34-15-9-14-31(25-34)41-38(45)35(42-37(44)29-12-7-4-8-13-29)24-27-16-22-33(23-17-27)49-26-28-10-5-3-6-11-28/h3-25,36H,2,26H2,1H3,(H,40,46)(H,41,45)(H,42,44)/b35-24-. The van der Waals surface area contributed by atoms with E-state index in [1.807, 2.05) is 43.3 Å². The van der Waals surface area contributed by atoms with Gasteiger partial charge in [0.15, 0.2) is 0 Å². The molecule has 50 heavy (non-hydrogen) atoms. The van der Waals surface area contributed by atoms with Gasteiger partial charge in [-0.3, -0.25) is 24.5 Å². The normalized spacial score (nSPS) is 11.6. The summed E-state index contributed by atoms with van der Waals surface area (Å²) in [6.45, 7) is 2.30. The molecule has 1 unspecified atom stereocenters. The van der Waals surface area contributed by atoms with Crippen LogP contribution in [-0.2, 0) is 16.2 Å². The third-order valence-corrected chi connectivity index (χ3v) is 8.71. The average Bonchev–Trinajstić information content (AvgIpc) is 3.14. The number of non-ortho nitro benzene ring substituents is 1. The van der Waals surface area contributed by atoms with Crippen molar-refractivity contribution in [2.45, 2.75) is 30.1 Å². The molecule has 3 N–H and O–H groups in total. The number of carbonyl (C=O) groups is 3. The Morgan fingerprint density at radius 2 is 1.48 bits per heavy atom. The summed E-state index contributed by atoms with van der Waals surface area (Å²) in [4.78, 5) is 51.0. The molecule has 5 aromatic rings. The van der Waals surface area contributed by atoms with Crippen molar-refractivity contribution in [1.82, 2.24) is 5.32 Å². The highest BCUT2D eigenvalue weighted by atomic mass is 32.2. The number of hydrogen-bond acceptors (Lipinski definition) is 7. The lowest BCUT2D eigenvalue weighted by Gasteiger charge is -2.16. The minimum atomic E-state index is -0.538. The van der Waals surface area contributed by atoms with E-state index in [9.17, 15) is 24.5 Å². The van der Waals surface area contributed by atoms with E-state index >= 15 is 0 Å². The summed E-state index contributed by atoms with van der Waals surface area (Å²) >= 11 is 1.32. The van der Waals surface area contributed by atoms with Crippen LogP contribution in [-0.4, -0.2) is 27.9 Å². The van der Waals surface area contributed by atoms with Crippen LogP contribution in [0.15, 0.2) is 144 Å². The number of rotatable bonds is 14. The molecule has 3 amide bonds. The van der Waals surface area contributed by atoms with E-state index in [0.717, 1.165) is 10.5 Å². The van der Waals surface area contributed by atoms with Crippen molar-refractivity contribution in [1.29, 1.82) is 0 Å². The Balaban J connectivity index is 1.28. The molecule has 0 aliphatic carbocycles. The lowest BCUT2D eigenvalue weighted by atomic mass is 10.1. The molecule has 1 atom stereocenters. The Labute approximate surface area is 293 Å². The van der Waals surface area contributed by atoms with E-state index in [2.05, 4.69) is 16.0 Å². The number of carbonyl (C=O) groups excluding carboxylic acids is 3. The van der Waals surface area contributed by atoms with Gasteiger partial charge in [0.05, 0.1) is 10.2 Å². The fraction of sp³-hybridized carbons (Fsp3) is 0.103. The molecule has 252 valence electrons. The van der Waals surface area contributed by atoms with E-state index in [0.29, 0.717) is 41.3 Å². The first-order valence-corrected chi connectivity index (χ1v) is 16.6. The number of benzene rings is 5. The van der Waals surface area contributed by atoms with Crippen LogP contribution in [0.3, 0.4) is 0 Å². The van der Waals surface area contributed by atoms with Crippen LogP contribution in [0.1, 0.15) is 34.8 Å². The molecule has 0 aromatic heterocycles. The maximum atomic E-state index is 13.6. The predicted octanol–water partition coefficient (Wildman–Crippen LogP) is 8.09. The van der Waals surface area contributed by atoms with Crippen molar-refractivity contribution in [2.75, 3.05) is 10.6 Å². The van der Waals surface area contributed by atoms with Crippen molar-refractivity contribution < 1.29 is 24.0 Å². The predicted molar refractivity (Wildman–Crippen MR) is 196 cm³/mol. The van der Waals surface area contributed by atoms with Gasteiger partial charge in [-0.1, -0.05) is 73.7 Å². The Morgan fingerprint density at radius 3 is 2.14 bits per heavy atom. The Hall–Kier alpha value is -6.20. The maximum Gasteiger partial charge on any atom is 0.272 e. The second-order valence-corrected chi connectivity index (χ2v) is 12.3. The number of nitro benzene ring substituents is 1. The second kappa shape index (κ2) is 17.3. The lowest BCUT2D eigenvalue weighted by Crippen LogP contribution is -2.30. The molecule has 0 fully saturated rings. The first kappa shape index (κ1) is 35.1. The molecular weight excluding hydrogens is 653 g/mol. The van der Waals surface area contributed by atoms with E-state index in [-0.39, 0.29) is 17.3 Å². The number of hydrogen-bond donors (Lipinski definition) is 3. The molecular formula is C39H34N4O6S. The molecule has 10 nitrogen and oxygen atoms in total. The van der Waals surface area contributed by atoms with Gasteiger partial charge in [0.2, 0.25) is 5.91 Å². The number of nitrogens with zero attached hydrogens (tertiary/aromatic N) is 1. The van der Waals surface area contributed by atoms with Gasteiger partial charge < -0.3 is 20.7 Å². The molecule has 0 bridgehead atoms. The number of nitrogens with one attached hydrogen (secondary N) is 3. The SMILES string of the molecule is CCC(Sc1cccc(NC(=O)/C(=C/c2ccc(OCc3ccccc3)cc2)NC(=O)c2ccccc2)c1)C(=O)Nc1ccc([N+](=O)[O-])cc1. The van der Waals surface area contributed by atoms with Gasteiger partial charge >= 0.3 is 0 Å². The second-order valence-electron chi connectivity index (χ2n) is 11.0. The van der Waals surface area contributed by atoms with Gasteiger partial charge in [-0.15, -0.1) is 11.8 Å². The van der Waals surface area contributed by atoms with Crippen LogP contribution in [0.4, 0.5) is 17.1 Å². The molecule has 0 saturated heterocycles. The summed E-state index contributed by atoms with van der Waals surface area (Å²) in [6.07, 6.45) is 2.10. The molecule has 5 aromatic carbocycles. The van der Waals surface area contributed by atoms with Gasteiger partial charge in [-0.25, -0.2) is 0 Å². The van der Waals surface area contributed by atoms with Crippen molar-refractivity contribution in [3.05, 3.63) is 166 Å². The van der Waals surface area contributed by atoms with E-state index in [1.165, 1.54) is 36.0 Å².